The van der Waals surface area contributed by atoms with E-state index in [1.807, 2.05) is 0 Å². The van der Waals surface area contributed by atoms with Crippen LogP contribution in [0.5, 0.6) is 0 Å². The monoisotopic (exact) mass is 260 g/mol. The van der Waals surface area contributed by atoms with E-state index in [0.29, 0.717) is 15.6 Å². The van der Waals surface area contributed by atoms with E-state index in [2.05, 4.69) is 0 Å². The highest BCUT2D eigenvalue weighted by Gasteiger charge is 2.14. The molecule has 0 fully saturated rings. The first-order chi connectivity index (χ1) is 7.41. The molecule has 16 heavy (non-hydrogen) atoms. The highest BCUT2D eigenvalue weighted by Crippen LogP contribution is 2.23. The fourth-order valence-electron chi connectivity index (χ4n) is 1.16. The topological polar surface area (TPSA) is 63.4 Å². The molecule has 0 bridgehead atoms. The zero-order valence-electron chi connectivity index (χ0n) is 8.54. The smallest absolute Gasteiger partial charge is 0.254 e. The molecule has 1 aromatic rings. The molecular formula is C10H10Cl2N2O2. The van der Waals surface area contributed by atoms with E-state index in [1.165, 1.54) is 30.1 Å². The molecule has 4 nitrogen and oxygen atoms in total. The summed E-state index contributed by atoms with van der Waals surface area (Å²) in [6.07, 6.45) is 0. The van der Waals surface area contributed by atoms with Crippen LogP contribution >= 0.6 is 23.2 Å². The maximum atomic E-state index is 11.8. The predicted molar refractivity (Wildman–Crippen MR) is 62.6 cm³/mol. The quantitative estimate of drug-likeness (QED) is 0.897. The van der Waals surface area contributed by atoms with Crippen molar-refractivity contribution in [2.45, 2.75) is 0 Å². The number of halogens is 2. The third-order valence-electron chi connectivity index (χ3n) is 1.91. The van der Waals surface area contributed by atoms with Crippen LogP contribution in [0.2, 0.25) is 10.0 Å². The van der Waals surface area contributed by atoms with Crippen LogP contribution in [-0.2, 0) is 4.79 Å². The van der Waals surface area contributed by atoms with Gasteiger partial charge in [0.1, 0.15) is 0 Å². The largest absolute Gasteiger partial charge is 0.368 e. The molecule has 2 amide bonds. The molecule has 0 aliphatic rings. The average molecular weight is 261 g/mol. The molecule has 2 N–H and O–H groups in total. The molecule has 0 spiro atoms. The summed E-state index contributed by atoms with van der Waals surface area (Å²) in [4.78, 5) is 23.6. The van der Waals surface area contributed by atoms with Gasteiger partial charge in [-0.3, -0.25) is 9.59 Å². The van der Waals surface area contributed by atoms with Crippen LogP contribution in [0.25, 0.3) is 0 Å². The Morgan fingerprint density at radius 3 is 2.44 bits per heavy atom. The number of nitrogens with two attached hydrogens (primary N) is 1. The summed E-state index contributed by atoms with van der Waals surface area (Å²) in [6.45, 7) is -0.140. The number of benzene rings is 1. The summed E-state index contributed by atoms with van der Waals surface area (Å²) in [5.41, 5.74) is 5.34. The minimum absolute atomic E-state index is 0.140. The lowest BCUT2D eigenvalue weighted by molar-refractivity contribution is -0.118. The normalized spacial score (nSPS) is 9.94. The fourth-order valence-corrected chi connectivity index (χ4v) is 1.45. The van der Waals surface area contributed by atoms with Gasteiger partial charge in [-0.25, -0.2) is 0 Å². The van der Waals surface area contributed by atoms with E-state index in [0.717, 1.165) is 0 Å². The molecular weight excluding hydrogens is 251 g/mol. The number of hydrogen-bond donors (Lipinski definition) is 1. The second-order valence-electron chi connectivity index (χ2n) is 3.26. The Kier molecular flexibility index (Phi) is 4.15. The summed E-state index contributed by atoms with van der Waals surface area (Å²) < 4.78 is 0. The SMILES string of the molecule is CN(CC(N)=O)C(=O)c1ccc(Cl)c(Cl)c1. The maximum absolute atomic E-state index is 11.8. The van der Waals surface area contributed by atoms with Crippen molar-refractivity contribution < 1.29 is 9.59 Å². The average Bonchev–Trinajstić information content (AvgIpc) is 2.20. The molecule has 0 unspecified atom stereocenters. The third-order valence-corrected chi connectivity index (χ3v) is 2.65. The van der Waals surface area contributed by atoms with Gasteiger partial charge in [0.05, 0.1) is 16.6 Å². The second kappa shape index (κ2) is 5.18. The predicted octanol–water partition coefficient (Wildman–Crippen LogP) is 1.55. The van der Waals surface area contributed by atoms with Crippen LogP contribution in [0.3, 0.4) is 0 Å². The molecule has 6 heteroatoms. The number of primary amides is 1. The zero-order chi connectivity index (χ0) is 12.3. The van der Waals surface area contributed by atoms with Gasteiger partial charge >= 0.3 is 0 Å². The molecule has 0 saturated carbocycles. The first kappa shape index (κ1) is 12.8. The lowest BCUT2D eigenvalue weighted by Gasteiger charge is -2.15. The first-order valence-electron chi connectivity index (χ1n) is 4.40. The molecule has 0 aliphatic heterocycles. The summed E-state index contributed by atoms with van der Waals surface area (Å²) in [7, 11) is 1.48. The Labute approximate surface area is 103 Å². The van der Waals surface area contributed by atoms with Crippen molar-refractivity contribution in [3.05, 3.63) is 33.8 Å². The van der Waals surface area contributed by atoms with Gasteiger partial charge in [0, 0.05) is 12.6 Å². The molecule has 1 rings (SSSR count). The van der Waals surface area contributed by atoms with E-state index in [-0.39, 0.29) is 12.5 Å². The number of hydrogen-bond acceptors (Lipinski definition) is 2. The highest BCUT2D eigenvalue weighted by atomic mass is 35.5. The van der Waals surface area contributed by atoms with Crippen LogP contribution in [0.1, 0.15) is 10.4 Å². The zero-order valence-corrected chi connectivity index (χ0v) is 10.0. The van der Waals surface area contributed by atoms with Crippen LogP contribution in [0.4, 0.5) is 0 Å². The third kappa shape index (κ3) is 3.12. The highest BCUT2D eigenvalue weighted by molar-refractivity contribution is 6.42. The van der Waals surface area contributed by atoms with Crippen molar-refractivity contribution in [1.82, 2.24) is 4.90 Å². The number of carbonyl (C=O) groups excluding carboxylic acids is 2. The van der Waals surface area contributed by atoms with Crippen molar-refractivity contribution in [1.29, 1.82) is 0 Å². The number of amides is 2. The van der Waals surface area contributed by atoms with Crippen LogP contribution < -0.4 is 5.73 Å². The lowest BCUT2D eigenvalue weighted by Crippen LogP contribution is -2.35. The Morgan fingerprint density at radius 2 is 1.94 bits per heavy atom. The van der Waals surface area contributed by atoms with Gasteiger partial charge < -0.3 is 10.6 Å². The second-order valence-corrected chi connectivity index (χ2v) is 4.07. The van der Waals surface area contributed by atoms with E-state index in [1.54, 1.807) is 0 Å². The Morgan fingerprint density at radius 1 is 1.31 bits per heavy atom. The van der Waals surface area contributed by atoms with E-state index < -0.39 is 5.91 Å². The minimum Gasteiger partial charge on any atom is -0.368 e. The van der Waals surface area contributed by atoms with Crippen molar-refractivity contribution >= 4 is 35.0 Å². The molecule has 0 aromatic heterocycles. The molecule has 0 aliphatic carbocycles. The molecule has 1 aromatic carbocycles. The fraction of sp³-hybridized carbons (Fsp3) is 0.200. The summed E-state index contributed by atoms with van der Waals surface area (Å²) in [5, 5.41) is 0.663. The van der Waals surface area contributed by atoms with Crippen molar-refractivity contribution in [2.24, 2.45) is 5.73 Å². The van der Waals surface area contributed by atoms with Crippen LogP contribution in [0.15, 0.2) is 18.2 Å². The number of nitrogens with zero attached hydrogens (tertiary/aromatic N) is 1. The molecule has 0 saturated heterocycles. The van der Waals surface area contributed by atoms with Gasteiger partial charge in [-0.15, -0.1) is 0 Å². The van der Waals surface area contributed by atoms with Gasteiger partial charge in [-0.1, -0.05) is 23.2 Å². The summed E-state index contributed by atoms with van der Waals surface area (Å²) >= 11 is 11.5. The lowest BCUT2D eigenvalue weighted by atomic mass is 10.2. The van der Waals surface area contributed by atoms with Gasteiger partial charge in [0.15, 0.2) is 0 Å². The van der Waals surface area contributed by atoms with Crippen molar-refractivity contribution in [2.75, 3.05) is 13.6 Å². The van der Waals surface area contributed by atoms with Crippen LogP contribution in [0, 0.1) is 0 Å². The van der Waals surface area contributed by atoms with Crippen molar-refractivity contribution in [3.63, 3.8) is 0 Å². The van der Waals surface area contributed by atoms with E-state index >= 15 is 0 Å². The van der Waals surface area contributed by atoms with Crippen molar-refractivity contribution in [3.8, 4) is 0 Å². The number of likely N-dealkylation sites (N-methyl/N-ethyl adjacent to an activating group) is 1. The Hall–Kier alpha value is -1.26. The van der Waals surface area contributed by atoms with Gasteiger partial charge in [-0.2, -0.15) is 0 Å². The summed E-state index contributed by atoms with van der Waals surface area (Å²) in [5.74, 6) is -0.909. The van der Waals surface area contributed by atoms with Gasteiger partial charge in [-0.05, 0) is 18.2 Å². The minimum atomic E-state index is -0.573. The summed E-state index contributed by atoms with van der Waals surface area (Å²) in [6, 6.07) is 4.51. The van der Waals surface area contributed by atoms with Crippen LogP contribution in [-0.4, -0.2) is 30.3 Å². The van der Waals surface area contributed by atoms with Gasteiger partial charge in [0.2, 0.25) is 5.91 Å². The molecule has 0 atom stereocenters. The van der Waals surface area contributed by atoms with E-state index in [9.17, 15) is 9.59 Å². The van der Waals surface area contributed by atoms with E-state index in [4.69, 9.17) is 28.9 Å². The first-order valence-corrected chi connectivity index (χ1v) is 5.16. The molecule has 0 radical (unpaired) electrons. The number of rotatable bonds is 3. The maximum Gasteiger partial charge on any atom is 0.254 e. The molecule has 86 valence electrons. The Bertz CT molecular complexity index is 435. The number of carbonyl (C=O) groups is 2. The van der Waals surface area contributed by atoms with Gasteiger partial charge in [0.25, 0.3) is 5.91 Å². The Balaban J connectivity index is 2.88. The molecule has 0 heterocycles. The standard InChI is InChI=1S/C10H10Cl2N2O2/c1-14(5-9(13)15)10(16)6-2-3-7(11)8(12)4-6/h2-4H,5H2,1H3,(H2,13,15).